The van der Waals surface area contributed by atoms with Crippen LogP contribution in [0.5, 0.6) is 0 Å². The summed E-state index contributed by atoms with van der Waals surface area (Å²) < 4.78 is 24.6. The van der Waals surface area contributed by atoms with Gasteiger partial charge in [0.05, 0.1) is 12.2 Å². The quantitative estimate of drug-likeness (QED) is 0.624. The van der Waals surface area contributed by atoms with Gasteiger partial charge in [0.2, 0.25) is 15.9 Å². The summed E-state index contributed by atoms with van der Waals surface area (Å²) in [7, 11) is -3.21. The molecule has 0 aromatic heterocycles. The zero-order valence-electron chi connectivity index (χ0n) is 13.6. The van der Waals surface area contributed by atoms with Crippen molar-refractivity contribution in [2.24, 2.45) is 5.92 Å². The molecule has 5 nitrogen and oxygen atoms in total. The van der Waals surface area contributed by atoms with Gasteiger partial charge in [0.15, 0.2) is 0 Å². The summed E-state index contributed by atoms with van der Waals surface area (Å²) in [4.78, 5) is 13.4. The van der Waals surface area contributed by atoms with Crippen molar-refractivity contribution in [3.05, 3.63) is 29.8 Å². The van der Waals surface area contributed by atoms with Crippen LogP contribution in [0, 0.1) is 12.8 Å². The second kappa shape index (κ2) is 8.17. The van der Waals surface area contributed by atoms with E-state index in [1.807, 2.05) is 0 Å². The van der Waals surface area contributed by atoms with Crippen LogP contribution in [0.25, 0.3) is 0 Å². The van der Waals surface area contributed by atoms with Crippen molar-refractivity contribution in [2.45, 2.75) is 24.7 Å². The smallest absolute Gasteiger partial charge is 0.224 e. The Hall–Kier alpha value is -1.05. The monoisotopic (exact) mass is 356 g/mol. The number of hydrogen-bond donors (Lipinski definition) is 1. The predicted molar refractivity (Wildman–Crippen MR) is 94.1 cm³/mol. The summed E-state index contributed by atoms with van der Waals surface area (Å²) in [5.74, 6) is 0.530. The zero-order chi connectivity index (χ0) is 16.9. The Morgan fingerprint density at radius 1 is 1.35 bits per heavy atom. The molecule has 0 spiro atoms. The topological polar surface area (TPSA) is 66.5 Å². The Labute approximate surface area is 142 Å². The number of amides is 1. The Bertz CT molecular complexity index is 629. The van der Waals surface area contributed by atoms with E-state index in [1.165, 1.54) is 21.0 Å². The third kappa shape index (κ3) is 5.82. The number of rotatable bonds is 6. The second-order valence-electron chi connectivity index (χ2n) is 5.91. The van der Waals surface area contributed by atoms with Crippen molar-refractivity contribution in [3.63, 3.8) is 0 Å². The molecule has 0 radical (unpaired) electrons. The molecule has 23 heavy (non-hydrogen) atoms. The van der Waals surface area contributed by atoms with E-state index in [0.29, 0.717) is 19.6 Å². The molecule has 1 aliphatic rings. The first kappa shape index (κ1) is 18.3. The van der Waals surface area contributed by atoms with Gasteiger partial charge in [-0.15, -0.1) is 11.8 Å². The molecule has 1 heterocycles. The highest BCUT2D eigenvalue weighted by molar-refractivity contribution is 7.99. The van der Waals surface area contributed by atoms with Crippen LogP contribution in [0.4, 0.5) is 0 Å². The molecule has 1 fully saturated rings. The van der Waals surface area contributed by atoms with Crippen LogP contribution < -0.4 is 5.32 Å². The maximum atomic E-state index is 12.2. The number of benzene rings is 1. The fraction of sp³-hybridized carbons (Fsp3) is 0.562. The van der Waals surface area contributed by atoms with Gasteiger partial charge in [-0.2, -0.15) is 0 Å². The lowest BCUT2D eigenvalue weighted by atomic mass is 9.99. The third-order valence-corrected chi connectivity index (χ3v) is 6.20. The van der Waals surface area contributed by atoms with Gasteiger partial charge in [0.1, 0.15) is 0 Å². The molecule has 0 saturated carbocycles. The SMILES string of the molecule is Cc1ccc(SCCNC(=O)C2CCCN(S(C)(=O)=O)C2)cc1. The maximum absolute atomic E-state index is 12.2. The van der Waals surface area contributed by atoms with Crippen LogP contribution in [0.1, 0.15) is 18.4 Å². The Morgan fingerprint density at radius 2 is 2.04 bits per heavy atom. The van der Waals surface area contributed by atoms with Gasteiger partial charge in [-0.1, -0.05) is 17.7 Å². The molecule has 1 aliphatic heterocycles. The molecule has 128 valence electrons. The number of thioether (sulfide) groups is 1. The summed E-state index contributed by atoms with van der Waals surface area (Å²) in [6, 6.07) is 8.30. The minimum atomic E-state index is -3.21. The number of carbonyl (C=O) groups is 1. The highest BCUT2D eigenvalue weighted by atomic mass is 32.2. The van der Waals surface area contributed by atoms with Crippen LogP contribution >= 0.6 is 11.8 Å². The number of sulfonamides is 1. The highest BCUT2D eigenvalue weighted by Gasteiger charge is 2.29. The molecule has 7 heteroatoms. The van der Waals surface area contributed by atoms with E-state index in [-0.39, 0.29) is 11.8 Å². The largest absolute Gasteiger partial charge is 0.355 e. The van der Waals surface area contributed by atoms with Crippen LogP contribution in [-0.2, 0) is 14.8 Å². The Kier molecular flexibility index (Phi) is 6.50. The molecule has 1 saturated heterocycles. The average molecular weight is 357 g/mol. The normalized spacial score (nSPS) is 19.5. The first-order valence-corrected chi connectivity index (χ1v) is 10.6. The third-order valence-electron chi connectivity index (χ3n) is 3.91. The van der Waals surface area contributed by atoms with Gasteiger partial charge < -0.3 is 5.32 Å². The van der Waals surface area contributed by atoms with E-state index < -0.39 is 10.0 Å². The van der Waals surface area contributed by atoms with Crippen molar-refractivity contribution in [3.8, 4) is 0 Å². The molecule has 1 amide bonds. The van der Waals surface area contributed by atoms with E-state index in [4.69, 9.17) is 0 Å². The molecule has 0 aliphatic carbocycles. The van der Waals surface area contributed by atoms with Crippen LogP contribution in [0.15, 0.2) is 29.2 Å². The Balaban J connectivity index is 1.73. The molecule has 2 rings (SSSR count). The van der Waals surface area contributed by atoms with Crippen molar-refractivity contribution in [2.75, 3.05) is 31.6 Å². The summed E-state index contributed by atoms with van der Waals surface area (Å²) >= 11 is 1.70. The highest BCUT2D eigenvalue weighted by Crippen LogP contribution is 2.20. The molecule has 0 bridgehead atoms. The molecule has 1 aromatic rings. The van der Waals surface area contributed by atoms with Gasteiger partial charge in [-0.05, 0) is 31.9 Å². The molecule has 1 unspecified atom stereocenters. The van der Waals surface area contributed by atoms with E-state index >= 15 is 0 Å². The van der Waals surface area contributed by atoms with E-state index in [1.54, 1.807) is 11.8 Å². The lowest BCUT2D eigenvalue weighted by Gasteiger charge is -2.30. The minimum absolute atomic E-state index is 0.0390. The lowest BCUT2D eigenvalue weighted by Crippen LogP contribution is -2.45. The summed E-state index contributed by atoms with van der Waals surface area (Å²) in [5, 5.41) is 2.92. The average Bonchev–Trinajstić information content (AvgIpc) is 2.52. The number of piperidine rings is 1. The van der Waals surface area contributed by atoms with E-state index in [9.17, 15) is 13.2 Å². The van der Waals surface area contributed by atoms with Crippen LogP contribution in [0.2, 0.25) is 0 Å². The molecule has 1 N–H and O–H groups in total. The predicted octanol–water partition coefficient (Wildman–Crippen LogP) is 1.87. The molecular weight excluding hydrogens is 332 g/mol. The number of nitrogens with one attached hydrogen (secondary N) is 1. The number of aryl methyl sites for hydroxylation is 1. The van der Waals surface area contributed by atoms with Crippen molar-refractivity contribution < 1.29 is 13.2 Å². The lowest BCUT2D eigenvalue weighted by molar-refractivity contribution is -0.125. The summed E-state index contributed by atoms with van der Waals surface area (Å²) in [6.45, 7) is 3.47. The van der Waals surface area contributed by atoms with E-state index in [0.717, 1.165) is 18.6 Å². The van der Waals surface area contributed by atoms with Gasteiger partial charge in [-0.25, -0.2) is 12.7 Å². The van der Waals surface area contributed by atoms with Crippen molar-refractivity contribution in [1.82, 2.24) is 9.62 Å². The minimum Gasteiger partial charge on any atom is -0.355 e. The van der Waals surface area contributed by atoms with Crippen molar-refractivity contribution in [1.29, 1.82) is 0 Å². The van der Waals surface area contributed by atoms with Crippen LogP contribution in [0.3, 0.4) is 0 Å². The van der Waals surface area contributed by atoms with Gasteiger partial charge >= 0.3 is 0 Å². The van der Waals surface area contributed by atoms with Crippen LogP contribution in [-0.4, -0.2) is 50.3 Å². The van der Waals surface area contributed by atoms with Crippen molar-refractivity contribution >= 4 is 27.7 Å². The first-order valence-electron chi connectivity index (χ1n) is 7.78. The van der Waals surface area contributed by atoms with Gasteiger partial charge in [0, 0.05) is 30.3 Å². The summed E-state index contributed by atoms with van der Waals surface area (Å²) in [6.07, 6.45) is 2.69. The Morgan fingerprint density at radius 3 is 2.70 bits per heavy atom. The zero-order valence-corrected chi connectivity index (χ0v) is 15.3. The second-order valence-corrected chi connectivity index (χ2v) is 9.06. The number of hydrogen-bond acceptors (Lipinski definition) is 4. The summed E-state index contributed by atoms with van der Waals surface area (Å²) in [5.41, 5.74) is 1.23. The van der Waals surface area contributed by atoms with Gasteiger partial charge in [0.25, 0.3) is 0 Å². The maximum Gasteiger partial charge on any atom is 0.224 e. The van der Waals surface area contributed by atoms with E-state index in [2.05, 4.69) is 36.5 Å². The molecule has 1 atom stereocenters. The molecular formula is C16H24N2O3S2. The molecule has 1 aromatic carbocycles. The van der Waals surface area contributed by atoms with Gasteiger partial charge in [-0.3, -0.25) is 4.79 Å². The standard InChI is InChI=1S/C16H24N2O3S2/c1-13-5-7-15(8-6-13)22-11-9-17-16(19)14-4-3-10-18(12-14)23(2,20)21/h5-8,14H,3-4,9-12H2,1-2H3,(H,17,19). The number of carbonyl (C=O) groups excluding carboxylic acids is 1. The number of nitrogens with zero attached hydrogens (tertiary/aromatic N) is 1. The fourth-order valence-corrected chi connectivity index (χ4v) is 4.26. The first-order chi connectivity index (χ1) is 10.9. The fourth-order valence-electron chi connectivity index (χ4n) is 2.58.